The zero-order valence-corrected chi connectivity index (χ0v) is 12.9. The van der Waals surface area contributed by atoms with Gasteiger partial charge in [0.2, 0.25) is 5.91 Å². The van der Waals surface area contributed by atoms with Gasteiger partial charge in [0, 0.05) is 12.3 Å². The summed E-state index contributed by atoms with van der Waals surface area (Å²) in [5.41, 5.74) is 0.326. The van der Waals surface area contributed by atoms with Gasteiger partial charge in [-0.05, 0) is 18.6 Å². The van der Waals surface area contributed by atoms with Crippen LogP contribution < -0.4 is 10.9 Å². The summed E-state index contributed by atoms with van der Waals surface area (Å²) in [5, 5.41) is 3.32. The first-order valence-corrected chi connectivity index (χ1v) is 7.63. The Morgan fingerprint density at radius 3 is 2.86 bits per heavy atom. The molecule has 0 saturated carbocycles. The number of amides is 1. The molecule has 1 aromatic carbocycles. The van der Waals surface area contributed by atoms with Crippen molar-refractivity contribution in [2.75, 3.05) is 5.32 Å². The maximum Gasteiger partial charge on any atom is 0.251 e. The van der Waals surface area contributed by atoms with Crippen molar-refractivity contribution in [3.8, 4) is 0 Å². The molecule has 0 aliphatic carbocycles. The average molecular weight is 324 g/mol. The smallest absolute Gasteiger partial charge is 0.251 e. The van der Waals surface area contributed by atoms with Gasteiger partial charge in [-0.2, -0.15) is 0 Å². The van der Waals surface area contributed by atoms with Crippen molar-refractivity contribution in [2.45, 2.75) is 23.8 Å². The van der Waals surface area contributed by atoms with Gasteiger partial charge in [-0.25, -0.2) is 4.98 Å². The van der Waals surface area contributed by atoms with Crippen molar-refractivity contribution >= 4 is 35.0 Å². The number of aromatic nitrogens is 2. The molecule has 110 valence electrons. The molecule has 0 spiro atoms. The molecular weight excluding hydrogens is 310 g/mol. The van der Waals surface area contributed by atoms with E-state index in [2.05, 4.69) is 15.3 Å². The number of carbonyl (C=O) groups excluding carboxylic acids is 1. The summed E-state index contributed by atoms with van der Waals surface area (Å²) in [4.78, 5) is 30.1. The first kappa shape index (κ1) is 15.6. The Bertz CT molecular complexity index is 690. The number of hydrogen-bond acceptors (Lipinski definition) is 4. The molecule has 2 N–H and O–H groups in total. The van der Waals surface area contributed by atoms with Crippen LogP contribution in [0.25, 0.3) is 0 Å². The van der Waals surface area contributed by atoms with Gasteiger partial charge in [-0.15, -0.1) is 0 Å². The second-order valence-electron chi connectivity index (χ2n) is 4.22. The number of rotatable bonds is 5. The number of hydrogen-bond donors (Lipinski definition) is 2. The van der Waals surface area contributed by atoms with Gasteiger partial charge in [0.1, 0.15) is 0 Å². The van der Waals surface area contributed by atoms with Crippen molar-refractivity contribution in [3.05, 3.63) is 51.9 Å². The number of nitrogens with one attached hydrogen (secondary N) is 2. The number of nitrogens with zero attached hydrogens (tertiary/aromatic N) is 1. The first-order chi connectivity index (χ1) is 10.1. The topological polar surface area (TPSA) is 74.8 Å². The van der Waals surface area contributed by atoms with Gasteiger partial charge < -0.3 is 10.3 Å². The molecule has 5 nitrogen and oxygen atoms in total. The number of H-pyrrole nitrogens is 1. The molecule has 21 heavy (non-hydrogen) atoms. The summed E-state index contributed by atoms with van der Waals surface area (Å²) < 4.78 is 0. The molecule has 0 saturated heterocycles. The highest BCUT2D eigenvalue weighted by atomic mass is 35.5. The van der Waals surface area contributed by atoms with Crippen LogP contribution >= 0.6 is 23.4 Å². The number of anilines is 1. The largest absolute Gasteiger partial charge is 0.324 e. The van der Waals surface area contributed by atoms with Crippen molar-refractivity contribution in [3.63, 3.8) is 0 Å². The minimum Gasteiger partial charge on any atom is -0.324 e. The third-order valence-corrected chi connectivity index (χ3v) is 4.29. The Balaban J connectivity index is 2.09. The van der Waals surface area contributed by atoms with Crippen LogP contribution in [-0.2, 0) is 4.79 Å². The minimum atomic E-state index is -0.369. The third kappa shape index (κ3) is 4.34. The van der Waals surface area contributed by atoms with E-state index in [9.17, 15) is 9.59 Å². The van der Waals surface area contributed by atoms with E-state index in [-0.39, 0.29) is 16.7 Å². The Hall–Kier alpha value is -1.79. The summed E-state index contributed by atoms with van der Waals surface area (Å²) in [7, 11) is 0. The fourth-order valence-electron chi connectivity index (χ4n) is 1.64. The van der Waals surface area contributed by atoms with Crippen LogP contribution in [0.15, 0.2) is 46.5 Å². The number of aromatic amines is 1. The molecule has 1 heterocycles. The summed E-state index contributed by atoms with van der Waals surface area (Å²) in [5.74, 6) is -0.179. The standard InChI is InChI=1S/C14H14ClN3O2S/c1-2-11(21-14-16-8-7-12(19)18-14)13(20)17-10-6-4-3-5-9(10)15/h3-8,11H,2H2,1H3,(H,17,20)(H,16,18,19). The fourth-order valence-corrected chi connectivity index (χ4v) is 2.71. The van der Waals surface area contributed by atoms with E-state index in [0.29, 0.717) is 22.3 Å². The van der Waals surface area contributed by atoms with E-state index in [1.807, 2.05) is 6.92 Å². The summed E-state index contributed by atoms with van der Waals surface area (Å²) in [6.45, 7) is 1.89. The number of carbonyl (C=O) groups is 1. The fraction of sp³-hybridized carbons (Fsp3) is 0.214. The normalized spacial score (nSPS) is 11.9. The summed E-state index contributed by atoms with van der Waals surface area (Å²) >= 11 is 7.23. The van der Waals surface area contributed by atoms with Crippen molar-refractivity contribution in [1.82, 2.24) is 9.97 Å². The van der Waals surface area contributed by atoms with E-state index in [1.165, 1.54) is 24.0 Å². The lowest BCUT2D eigenvalue weighted by Crippen LogP contribution is -2.25. The molecule has 2 rings (SSSR count). The average Bonchev–Trinajstić information content (AvgIpc) is 2.47. The van der Waals surface area contributed by atoms with Gasteiger partial charge >= 0.3 is 0 Å². The quantitative estimate of drug-likeness (QED) is 0.655. The van der Waals surface area contributed by atoms with Crippen molar-refractivity contribution in [1.29, 1.82) is 0 Å². The van der Waals surface area contributed by atoms with E-state index in [4.69, 9.17) is 11.6 Å². The highest BCUT2D eigenvalue weighted by molar-refractivity contribution is 8.00. The molecule has 1 unspecified atom stereocenters. The highest BCUT2D eigenvalue weighted by Gasteiger charge is 2.19. The van der Waals surface area contributed by atoms with E-state index in [0.717, 1.165) is 0 Å². The Labute approximate surface area is 131 Å². The minimum absolute atomic E-state index is 0.179. The zero-order chi connectivity index (χ0) is 15.2. The van der Waals surface area contributed by atoms with E-state index in [1.54, 1.807) is 24.3 Å². The van der Waals surface area contributed by atoms with E-state index < -0.39 is 0 Å². The Morgan fingerprint density at radius 1 is 1.43 bits per heavy atom. The van der Waals surface area contributed by atoms with Gasteiger partial charge in [0.25, 0.3) is 5.56 Å². The van der Waals surface area contributed by atoms with Crippen LogP contribution in [0.3, 0.4) is 0 Å². The van der Waals surface area contributed by atoms with Crippen LogP contribution in [0, 0.1) is 0 Å². The first-order valence-electron chi connectivity index (χ1n) is 6.37. The molecule has 0 radical (unpaired) electrons. The molecule has 1 atom stereocenters. The van der Waals surface area contributed by atoms with Crippen molar-refractivity contribution < 1.29 is 4.79 Å². The molecule has 2 aromatic rings. The highest BCUT2D eigenvalue weighted by Crippen LogP contribution is 2.25. The lowest BCUT2D eigenvalue weighted by molar-refractivity contribution is -0.115. The molecule has 0 aliphatic heterocycles. The van der Waals surface area contributed by atoms with Crippen LogP contribution in [0.5, 0.6) is 0 Å². The number of benzene rings is 1. The zero-order valence-electron chi connectivity index (χ0n) is 11.3. The maximum atomic E-state index is 12.3. The van der Waals surface area contributed by atoms with Gasteiger partial charge in [0.05, 0.1) is 16.0 Å². The number of thioether (sulfide) groups is 1. The Morgan fingerprint density at radius 2 is 2.19 bits per heavy atom. The van der Waals surface area contributed by atoms with Crippen LogP contribution in [0.2, 0.25) is 5.02 Å². The van der Waals surface area contributed by atoms with E-state index >= 15 is 0 Å². The lowest BCUT2D eigenvalue weighted by atomic mass is 10.2. The molecule has 1 amide bonds. The predicted molar refractivity (Wildman–Crippen MR) is 84.9 cm³/mol. The third-order valence-electron chi connectivity index (χ3n) is 2.70. The van der Waals surface area contributed by atoms with Gasteiger partial charge in [-0.1, -0.05) is 42.4 Å². The number of halogens is 1. The molecule has 7 heteroatoms. The SMILES string of the molecule is CCC(Sc1nccc(=O)[nH]1)C(=O)Nc1ccccc1Cl. The Kier molecular flexibility index (Phi) is 5.41. The molecule has 0 aliphatic rings. The predicted octanol–water partition coefficient (Wildman–Crippen LogP) is 2.93. The maximum absolute atomic E-state index is 12.3. The van der Waals surface area contributed by atoms with Gasteiger partial charge in [0.15, 0.2) is 5.16 Å². The number of para-hydroxylation sites is 1. The monoisotopic (exact) mass is 323 g/mol. The van der Waals surface area contributed by atoms with Crippen LogP contribution in [0.4, 0.5) is 5.69 Å². The van der Waals surface area contributed by atoms with Crippen LogP contribution in [-0.4, -0.2) is 21.1 Å². The molecule has 0 fully saturated rings. The molecule has 0 bridgehead atoms. The van der Waals surface area contributed by atoms with Crippen LogP contribution in [0.1, 0.15) is 13.3 Å². The second-order valence-corrected chi connectivity index (χ2v) is 5.82. The lowest BCUT2D eigenvalue weighted by Gasteiger charge is -2.14. The molecular formula is C14H14ClN3O2S. The molecule has 1 aromatic heterocycles. The summed E-state index contributed by atoms with van der Waals surface area (Å²) in [6.07, 6.45) is 2.01. The van der Waals surface area contributed by atoms with Gasteiger partial charge in [-0.3, -0.25) is 9.59 Å². The summed E-state index contributed by atoms with van der Waals surface area (Å²) in [6, 6.07) is 8.37. The van der Waals surface area contributed by atoms with Crippen molar-refractivity contribution in [2.24, 2.45) is 0 Å². The second kappa shape index (κ2) is 7.28.